The molecule has 2 aliphatic rings. The standard InChI is InChI=1S/C15H18N4O2/c16-8-11-7-13(10-18-9-11)14-3-6-21-19(14)15(20)12-1-4-17-5-2-12/h7,9-10,12,14,17H,1-6H2. The van der Waals surface area contributed by atoms with Crippen LogP contribution in [-0.4, -0.2) is 35.7 Å². The summed E-state index contributed by atoms with van der Waals surface area (Å²) in [6.45, 7) is 2.28. The lowest BCUT2D eigenvalue weighted by Gasteiger charge is -2.29. The Hall–Kier alpha value is -1.97. The number of piperidine rings is 1. The molecule has 6 nitrogen and oxygen atoms in total. The van der Waals surface area contributed by atoms with Gasteiger partial charge in [-0.05, 0) is 37.6 Å². The Morgan fingerprint density at radius 3 is 2.95 bits per heavy atom. The first-order valence-corrected chi connectivity index (χ1v) is 7.31. The number of aromatic nitrogens is 1. The van der Waals surface area contributed by atoms with Gasteiger partial charge in [-0.25, -0.2) is 5.06 Å². The van der Waals surface area contributed by atoms with Gasteiger partial charge < -0.3 is 5.32 Å². The van der Waals surface area contributed by atoms with Crippen LogP contribution in [0.1, 0.15) is 36.4 Å². The Kier molecular flexibility index (Phi) is 4.13. The fourth-order valence-electron chi connectivity index (χ4n) is 2.94. The molecule has 1 N–H and O–H groups in total. The van der Waals surface area contributed by atoms with Crippen LogP contribution in [0.2, 0.25) is 0 Å². The second-order valence-corrected chi connectivity index (χ2v) is 5.44. The highest BCUT2D eigenvalue weighted by Crippen LogP contribution is 2.32. The monoisotopic (exact) mass is 286 g/mol. The van der Waals surface area contributed by atoms with Crippen LogP contribution in [-0.2, 0) is 9.63 Å². The fourth-order valence-corrected chi connectivity index (χ4v) is 2.94. The summed E-state index contributed by atoms with van der Waals surface area (Å²) < 4.78 is 0. The zero-order valence-electron chi connectivity index (χ0n) is 11.8. The van der Waals surface area contributed by atoms with Crippen molar-refractivity contribution in [3.63, 3.8) is 0 Å². The van der Waals surface area contributed by atoms with Gasteiger partial charge in [0.15, 0.2) is 0 Å². The quantitative estimate of drug-likeness (QED) is 0.882. The Morgan fingerprint density at radius 1 is 1.38 bits per heavy atom. The van der Waals surface area contributed by atoms with Crippen LogP contribution in [0.5, 0.6) is 0 Å². The molecule has 0 aliphatic carbocycles. The summed E-state index contributed by atoms with van der Waals surface area (Å²) in [7, 11) is 0. The number of hydroxylamine groups is 2. The molecule has 1 aromatic rings. The first-order chi connectivity index (χ1) is 10.3. The molecule has 3 heterocycles. The third-order valence-corrected chi connectivity index (χ3v) is 4.08. The maximum absolute atomic E-state index is 12.6. The van der Waals surface area contributed by atoms with Gasteiger partial charge in [0.2, 0.25) is 5.91 Å². The smallest absolute Gasteiger partial charge is 0.249 e. The Bertz CT molecular complexity index is 563. The molecule has 0 saturated carbocycles. The topological polar surface area (TPSA) is 78.2 Å². The van der Waals surface area contributed by atoms with Crippen molar-refractivity contribution >= 4 is 5.91 Å². The maximum atomic E-state index is 12.6. The molecule has 0 spiro atoms. The molecule has 2 fully saturated rings. The lowest BCUT2D eigenvalue weighted by molar-refractivity contribution is -0.182. The highest BCUT2D eigenvalue weighted by molar-refractivity contribution is 5.78. The van der Waals surface area contributed by atoms with E-state index in [0.717, 1.165) is 37.9 Å². The van der Waals surface area contributed by atoms with E-state index in [1.807, 2.05) is 0 Å². The first kappa shape index (κ1) is 14.0. The average molecular weight is 286 g/mol. The van der Waals surface area contributed by atoms with E-state index in [2.05, 4.69) is 16.4 Å². The predicted octanol–water partition coefficient (Wildman–Crippen LogP) is 1.16. The first-order valence-electron chi connectivity index (χ1n) is 7.31. The molecule has 2 aliphatic heterocycles. The molecule has 0 radical (unpaired) electrons. The normalized spacial score (nSPS) is 23.0. The van der Waals surface area contributed by atoms with Crippen LogP contribution in [0.15, 0.2) is 18.5 Å². The summed E-state index contributed by atoms with van der Waals surface area (Å²) in [5, 5.41) is 13.7. The molecule has 1 unspecified atom stereocenters. The lowest BCUT2D eigenvalue weighted by atomic mass is 9.96. The SMILES string of the molecule is N#Cc1cncc(C2CCON2C(=O)C2CCNCC2)c1. The van der Waals surface area contributed by atoms with E-state index >= 15 is 0 Å². The van der Waals surface area contributed by atoms with Crippen LogP contribution >= 0.6 is 0 Å². The number of rotatable bonds is 2. The number of nitrogens with zero attached hydrogens (tertiary/aromatic N) is 3. The molecule has 1 amide bonds. The van der Waals surface area contributed by atoms with Gasteiger partial charge in [0, 0.05) is 24.7 Å². The molecular weight excluding hydrogens is 268 g/mol. The summed E-state index contributed by atoms with van der Waals surface area (Å²) in [4.78, 5) is 22.3. The summed E-state index contributed by atoms with van der Waals surface area (Å²) in [5.74, 6) is 0.0836. The van der Waals surface area contributed by atoms with Crippen LogP contribution in [0.25, 0.3) is 0 Å². The summed E-state index contributed by atoms with van der Waals surface area (Å²) in [6.07, 6.45) is 5.68. The largest absolute Gasteiger partial charge is 0.317 e. The van der Waals surface area contributed by atoms with Gasteiger partial charge >= 0.3 is 0 Å². The van der Waals surface area contributed by atoms with E-state index in [1.165, 1.54) is 11.3 Å². The number of nitrogens with one attached hydrogen (secondary N) is 1. The van der Waals surface area contributed by atoms with Gasteiger partial charge in [-0.1, -0.05) is 0 Å². The number of carbonyl (C=O) groups excluding carboxylic acids is 1. The number of nitriles is 1. The van der Waals surface area contributed by atoms with Crippen LogP contribution in [0.4, 0.5) is 0 Å². The minimum atomic E-state index is -0.131. The minimum absolute atomic E-state index is 0.0268. The molecule has 1 atom stereocenters. The number of carbonyl (C=O) groups is 1. The number of amides is 1. The molecule has 0 bridgehead atoms. The van der Waals surface area contributed by atoms with Crippen molar-refractivity contribution in [2.24, 2.45) is 5.92 Å². The van der Waals surface area contributed by atoms with Crippen molar-refractivity contribution in [1.29, 1.82) is 5.26 Å². The summed E-state index contributed by atoms with van der Waals surface area (Å²) in [6, 6.07) is 3.74. The molecule has 21 heavy (non-hydrogen) atoms. The fraction of sp³-hybridized carbons (Fsp3) is 0.533. The van der Waals surface area contributed by atoms with Crippen molar-refractivity contribution in [2.45, 2.75) is 25.3 Å². The molecule has 0 aromatic carbocycles. The van der Waals surface area contributed by atoms with Crippen molar-refractivity contribution in [2.75, 3.05) is 19.7 Å². The van der Waals surface area contributed by atoms with Crippen molar-refractivity contribution in [3.8, 4) is 6.07 Å². The van der Waals surface area contributed by atoms with Crippen molar-refractivity contribution in [1.82, 2.24) is 15.4 Å². The van der Waals surface area contributed by atoms with Crippen LogP contribution in [0.3, 0.4) is 0 Å². The molecule has 1 aromatic heterocycles. The van der Waals surface area contributed by atoms with Gasteiger partial charge in [0.05, 0.1) is 18.2 Å². The van der Waals surface area contributed by atoms with Crippen LogP contribution < -0.4 is 5.32 Å². The average Bonchev–Trinajstić information content (AvgIpc) is 3.04. The zero-order valence-corrected chi connectivity index (χ0v) is 11.8. The number of pyridine rings is 1. The predicted molar refractivity (Wildman–Crippen MR) is 74.7 cm³/mol. The van der Waals surface area contributed by atoms with E-state index in [0.29, 0.717) is 12.2 Å². The highest BCUT2D eigenvalue weighted by Gasteiger charge is 2.36. The Labute approximate surface area is 123 Å². The van der Waals surface area contributed by atoms with Crippen molar-refractivity contribution < 1.29 is 9.63 Å². The summed E-state index contributed by atoms with van der Waals surface area (Å²) in [5.41, 5.74) is 1.38. The number of hydrogen-bond donors (Lipinski definition) is 1. The highest BCUT2D eigenvalue weighted by atomic mass is 16.7. The second-order valence-electron chi connectivity index (χ2n) is 5.44. The molecule has 3 rings (SSSR count). The maximum Gasteiger partial charge on any atom is 0.249 e. The van der Waals surface area contributed by atoms with Gasteiger partial charge in [-0.3, -0.25) is 14.6 Å². The van der Waals surface area contributed by atoms with Crippen molar-refractivity contribution in [3.05, 3.63) is 29.6 Å². The second kappa shape index (κ2) is 6.20. The minimum Gasteiger partial charge on any atom is -0.317 e. The van der Waals surface area contributed by atoms with E-state index < -0.39 is 0 Å². The van der Waals surface area contributed by atoms with E-state index in [-0.39, 0.29) is 17.9 Å². The Morgan fingerprint density at radius 2 is 2.19 bits per heavy atom. The molecule has 6 heteroatoms. The van der Waals surface area contributed by atoms with Gasteiger partial charge in [-0.15, -0.1) is 0 Å². The molecular formula is C15H18N4O2. The lowest BCUT2D eigenvalue weighted by Crippen LogP contribution is -2.40. The van der Waals surface area contributed by atoms with E-state index in [4.69, 9.17) is 10.1 Å². The molecule has 110 valence electrons. The Balaban J connectivity index is 1.78. The van der Waals surface area contributed by atoms with E-state index in [1.54, 1.807) is 12.3 Å². The summed E-state index contributed by atoms with van der Waals surface area (Å²) >= 11 is 0. The number of hydrogen-bond acceptors (Lipinski definition) is 5. The molecule has 2 saturated heterocycles. The van der Waals surface area contributed by atoms with Gasteiger partial charge in [0.25, 0.3) is 0 Å². The van der Waals surface area contributed by atoms with Gasteiger partial charge in [-0.2, -0.15) is 5.26 Å². The third-order valence-electron chi connectivity index (χ3n) is 4.08. The van der Waals surface area contributed by atoms with Gasteiger partial charge in [0.1, 0.15) is 6.07 Å². The zero-order chi connectivity index (χ0) is 14.7. The third kappa shape index (κ3) is 2.89. The van der Waals surface area contributed by atoms with Crippen LogP contribution in [0, 0.1) is 17.2 Å². The van der Waals surface area contributed by atoms with E-state index in [9.17, 15) is 4.79 Å².